The van der Waals surface area contributed by atoms with E-state index in [1.165, 1.54) is 31.4 Å². The Balaban J connectivity index is 1.81. The van der Waals surface area contributed by atoms with E-state index in [1.807, 2.05) is 11.8 Å². The molecular weight excluding hydrogens is 294 g/mol. The highest BCUT2D eigenvalue weighted by Gasteiger charge is 2.16. The maximum Gasteiger partial charge on any atom is 0.231 e. The number of halogens is 1. The first-order valence-electron chi connectivity index (χ1n) is 7.19. The first-order chi connectivity index (χ1) is 9.79. The van der Waals surface area contributed by atoms with Gasteiger partial charge in [0.2, 0.25) is 17.2 Å². The normalized spacial score (nSPS) is 14.8. The Labute approximate surface area is 129 Å². The molecule has 0 atom stereocenters. The lowest BCUT2D eigenvalue weighted by Crippen LogP contribution is -2.21. The molecule has 1 fully saturated rings. The van der Waals surface area contributed by atoms with Crippen molar-refractivity contribution in [3.8, 4) is 0 Å². The van der Waals surface area contributed by atoms with E-state index >= 15 is 0 Å². The molecule has 0 spiro atoms. The van der Waals surface area contributed by atoms with Gasteiger partial charge >= 0.3 is 0 Å². The fourth-order valence-electron chi connectivity index (χ4n) is 2.23. The Hall–Kier alpha value is -0.750. The maximum atomic E-state index is 5.98. The molecule has 0 aliphatic carbocycles. The van der Waals surface area contributed by atoms with E-state index in [0.717, 1.165) is 26.1 Å². The van der Waals surface area contributed by atoms with Gasteiger partial charge in [0.1, 0.15) is 0 Å². The second kappa shape index (κ2) is 8.52. The molecule has 2 rings (SSSR count). The molecule has 0 radical (unpaired) electrons. The van der Waals surface area contributed by atoms with Crippen molar-refractivity contribution in [1.82, 2.24) is 15.0 Å². The number of anilines is 2. The molecule has 1 N–H and O–H groups in total. The summed E-state index contributed by atoms with van der Waals surface area (Å²) in [5.74, 6) is 2.53. The summed E-state index contributed by atoms with van der Waals surface area (Å²) in [5.41, 5.74) is 0. The summed E-state index contributed by atoms with van der Waals surface area (Å²) >= 11 is 7.88. The number of hydrogen-bond acceptors (Lipinski definition) is 6. The monoisotopic (exact) mass is 315 g/mol. The quantitative estimate of drug-likeness (QED) is 0.744. The van der Waals surface area contributed by atoms with Crippen molar-refractivity contribution < 1.29 is 0 Å². The van der Waals surface area contributed by atoms with Crippen LogP contribution in [0.1, 0.15) is 32.1 Å². The largest absolute Gasteiger partial charge is 0.354 e. The molecule has 7 heteroatoms. The predicted octanol–water partition coefficient (Wildman–Crippen LogP) is 3.07. The van der Waals surface area contributed by atoms with Gasteiger partial charge in [-0.1, -0.05) is 6.42 Å². The molecule has 0 aromatic carbocycles. The van der Waals surface area contributed by atoms with Crippen molar-refractivity contribution in [3.63, 3.8) is 0 Å². The average molecular weight is 316 g/mol. The average Bonchev–Trinajstić information content (AvgIpc) is 2.96. The fourth-order valence-corrected chi connectivity index (χ4v) is 2.87. The van der Waals surface area contributed by atoms with Crippen LogP contribution in [0.2, 0.25) is 5.28 Å². The molecule has 1 aromatic heterocycles. The van der Waals surface area contributed by atoms with Crippen molar-refractivity contribution in [1.29, 1.82) is 0 Å². The molecule has 0 saturated carbocycles. The minimum atomic E-state index is 0.270. The van der Waals surface area contributed by atoms with E-state index in [1.54, 1.807) is 0 Å². The molecule has 112 valence electrons. The Morgan fingerprint density at radius 2 is 1.95 bits per heavy atom. The smallest absolute Gasteiger partial charge is 0.231 e. The summed E-state index contributed by atoms with van der Waals surface area (Å²) in [6.07, 6.45) is 8.16. The summed E-state index contributed by atoms with van der Waals surface area (Å²) in [6.45, 7) is 2.90. The molecular formula is C13H22ClN5S. The summed E-state index contributed by atoms with van der Waals surface area (Å²) in [7, 11) is 0. The molecule has 0 amide bonds. The summed E-state index contributed by atoms with van der Waals surface area (Å²) in [5, 5.41) is 3.52. The Kier molecular flexibility index (Phi) is 6.66. The van der Waals surface area contributed by atoms with Crippen LogP contribution in [0.3, 0.4) is 0 Å². The standard InChI is InChI=1S/C13H22ClN5S/c1-20-10-6-2-3-7-15-12-16-11(14)17-13(18-12)19-8-4-5-9-19/h2-10H2,1H3,(H,15,16,17,18). The topological polar surface area (TPSA) is 53.9 Å². The van der Waals surface area contributed by atoms with Gasteiger partial charge in [0.15, 0.2) is 0 Å². The molecule has 5 nitrogen and oxygen atoms in total. The number of aromatic nitrogens is 3. The zero-order chi connectivity index (χ0) is 14.2. The van der Waals surface area contributed by atoms with Crippen LogP contribution < -0.4 is 10.2 Å². The molecule has 2 heterocycles. The Bertz CT molecular complexity index is 412. The van der Waals surface area contributed by atoms with Gasteiger partial charge in [-0.3, -0.25) is 0 Å². The van der Waals surface area contributed by atoms with Gasteiger partial charge in [-0.2, -0.15) is 26.7 Å². The van der Waals surface area contributed by atoms with Crippen LogP contribution in [0.25, 0.3) is 0 Å². The summed E-state index contributed by atoms with van der Waals surface area (Å²) in [6, 6.07) is 0. The molecule has 1 aliphatic heterocycles. The molecule has 20 heavy (non-hydrogen) atoms. The number of rotatable bonds is 8. The van der Waals surface area contributed by atoms with Crippen LogP contribution >= 0.6 is 23.4 Å². The first kappa shape index (κ1) is 15.6. The Morgan fingerprint density at radius 1 is 1.15 bits per heavy atom. The van der Waals surface area contributed by atoms with Crippen molar-refractivity contribution in [3.05, 3.63) is 5.28 Å². The second-order valence-electron chi connectivity index (χ2n) is 4.90. The SMILES string of the molecule is CSCCCCCNc1nc(Cl)nc(N2CCCC2)n1. The number of unbranched alkanes of at least 4 members (excludes halogenated alkanes) is 2. The van der Waals surface area contributed by atoms with E-state index in [-0.39, 0.29) is 5.28 Å². The van der Waals surface area contributed by atoms with Crippen LogP contribution in [0.15, 0.2) is 0 Å². The van der Waals surface area contributed by atoms with E-state index < -0.39 is 0 Å². The van der Waals surface area contributed by atoms with Gasteiger partial charge in [0, 0.05) is 19.6 Å². The lowest BCUT2D eigenvalue weighted by atomic mass is 10.2. The number of nitrogens with one attached hydrogen (secondary N) is 1. The number of thioether (sulfide) groups is 1. The zero-order valence-corrected chi connectivity index (χ0v) is 13.5. The van der Waals surface area contributed by atoms with Gasteiger partial charge in [-0.05, 0) is 49.3 Å². The Morgan fingerprint density at radius 3 is 2.70 bits per heavy atom. The third kappa shape index (κ3) is 4.98. The van der Waals surface area contributed by atoms with Crippen molar-refractivity contribution in [2.75, 3.05) is 41.9 Å². The van der Waals surface area contributed by atoms with E-state index in [0.29, 0.717) is 11.9 Å². The number of nitrogens with zero attached hydrogens (tertiary/aromatic N) is 4. The zero-order valence-electron chi connectivity index (χ0n) is 11.9. The molecule has 1 aliphatic rings. The minimum Gasteiger partial charge on any atom is -0.354 e. The highest BCUT2D eigenvalue weighted by atomic mass is 35.5. The van der Waals surface area contributed by atoms with Crippen LogP contribution in [0.5, 0.6) is 0 Å². The van der Waals surface area contributed by atoms with E-state index in [2.05, 4.69) is 31.4 Å². The first-order valence-corrected chi connectivity index (χ1v) is 8.96. The van der Waals surface area contributed by atoms with Crippen LogP contribution in [-0.2, 0) is 0 Å². The van der Waals surface area contributed by atoms with Crippen LogP contribution in [0, 0.1) is 0 Å². The van der Waals surface area contributed by atoms with Crippen molar-refractivity contribution >= 4 is 35.3 Å². The molecule has 1 saturated heterocycles. The lowest BCUT2D eigenvalue weighted by Gasteiger charge is -2.15. The second-order valence-corrected chi connectivity index (χ2v) is 6.23. The van der Waals surface area contributed by atoms with Gasteiger partial charge in [-0.15, -0.1) is 0 Å². The summed E-state index contributed by atoms with van der Waals surface area (Å²) in [4.78, 5) is 15.0. The highest BCUT2D eigenvalue weighted by molar-refractivity contribution is 7.98. The highest BCUT2D eigenvalue weighted by Crippen LogP contribution is 2.18. The molecule has 1 aromatic rings. The molecule has 0 unspecified atom stereocenters. The lowest BCUT2D eigenvalue weighted by molar-refractivity contribution is 0.744. The van der Waals surface area contributed by atoms with Crippen LogP contribution in [0.4, 0.5) is 11.9 Å². The minimum absolute atomic E-state index is 0.270. The van der Waals surface area contributed by atoms with Gasteiger partial charge in [0.25, 0.3) is 0 Å². The van der Waals surface area contributed by atoms with Crippen molar-refractivity contribution in [2.24, 2.45) is 0 Å². The van der Waals surface area contributed by atoms with Crippen molar-refractivity contribution in [2.45, 2.75) is 32.1 Å². The van der Waals surface area contributed by atoms with Crippen LogP contribution in [-0.4, -0.2) is 46.6 Å². The predicted molar refractivity (Wildman–Crippen MR) is 87.0 cm³/mol. The van der Waals surface area contributed by atoms with Gasteiger partial charge in [0.05, 0.1) is 0 Å². The maximum absolute atomic E-state index is 5.98. The number of hydrogen-bond donors (Lipinski definition) is 1. The van der Waals surface area contributed by atoms with E-state index in [9.17, 15) is 0 Å². The van der Waals surface area contributed by atoms with Gasteiger partial charge < -0.3 is 10.2 Å². The van der Waals surface area contributed by atoms with E-state index in [4.69, 9.17) is 11.6 Å². The third-order valence-corrected chi connectivity index (χ3v) is 4.16. The summed E-state index contributed by atoms with van der Waals surface area (Å²) < 4.78 is 0. The molecule has 0 bridgehead atoms. The fraction of sp³-hybridized carbons (Fsp3) is 0.769. The van der Waals surface area contributed by atoms with Gasteiger partial charge in [-0.25, -0.2) is 0 Å². The third-order valence-electron chi connectivity index (χ3n) is 3.29.